The molecule has 1 aliphatic carbocycles. The molecule has 0 aliphatic heterocycles. The predicted molar refractivity (Wildman–Crippen MR) is 51.3 cm³/mol. The van der Waals surface area contributed by atoms with Crippen LogP contribution in [0.15, 0.2) is 18.2 Å². The molecule has 0 amide bonds. The maximum Gasteiger partial charge on any atom is 0.422 e. The lowest BCUT2D eigenvalue weighted by Crippen LogP contribution is -2.19. The van der Waals surface area contributed by atoms with Crippen LogP contribution in [0.2, 0.25) is 0 Å². The van der Waals surface area contributed by atoms with Gasteiger partial charge in [-0.05, 0) is 36.1 Å². The quantitative estimate of drug-likeness (QED) is 0.849. The van der Waals surface area contributed by atoms with E-state index in [0.29, 0.717) is 12.8 Å². The molecule has 0 bridgehead atoms. The van der Waals surface area contributed by atoms with Crippen molar-refractivity contribution in [1.29, 1.82) is 0 Å². The van der Waals surface area contributed by atoms with E-state index >= 15 is 0 Å². The summed E-state index contributed by atoms with van der Waals surface area (Å²) in [5.74, 6) is 0.199. The highest BCUT2D eigenvalue weighted by Crippen LogP contribution is 2.33. The van der Waals surface area contributed by atoms with Crippen LogP contribution in [0.3, 0.4) is 0 Å². The number of aliphatic hydroxyl groups is 1. The average molecular weight is 232 g/mol. The molecule has 1 aromatic carbocycles. The molecule has 2 nitrogen and oxygen atoms in total. The monoisotopic (exact) mass is 232 g/mol. The Bertz CT molecular complexity index is 387. The van der Waals surface area contributed by atoms with Gasteiger partial charge in [-0.3, -0.25) is 0 Å². The van der Waals surface area contributed by atoms with E-state index < -0.39 is 18.9 Å². The van der Waals surface area contributed by atoms with E-state index in [1.807, 2.05) is 0 Å². The zero-order valence-electron chi connectivity index (χ0n) is 8.42. The fourth-order valence-corrected chi connectivity index (χ4v) is 1.83. The Morgan fingerprint density at radius 3 is 2.81 bits per heavy atom. The molecule has 0 fully saturated rings. The number of fused-ring (bicyclic) bond motifs is 1. The highest BCUT2D eigenvalue weighted by atomic mass is 19.4. The molecule has 1 atom stereocenters. The van der Waals surface area contributed by atoms with Gasteiger partial charge in [0.05, 0.1) is 6.10 Å². The average Bonchev–Trinajstić information content (AvgIpc) is 2.56. The fraction of sp³-hybridized carbons (Fsp3) is 0.455. The van der Waals surface area contributed by atoms with Gasteiger partial charge in [0.25, 0.3) is 0 Å². The summed E-state index contributed by atoms with van der Waals surface area (Å²) in [4.78, 5) is 0. The maximum atomic E-state index is 11.9. The predicted octanol–water partition coefficient (Wildman–Crippen LogP) is 2.61. The van der Waals surface area contributed by atoms with Crippen molar-refractivity contribution in [3.05, 3.63) is 29.3 Å². The Balaban J connectivity index is 2.08. The van der Waals surface area contributed by atoms with Gasteiger partial charge in [0.1, 0.15) is 5.75 Å². The summed E-state index contributed by atoms with van der Waals surface area (Å²) in [7, 11) is 0. The van der Waals surface area contributed by atoms with Crippen LogP contribution in [0.4, 0.5) is 13.2 Å². The van der Waals surface area contributed by atoms with Gasteiger partial charge in [-0.25, -0.2) is 0 Å². The maximum absolute atomic E-state index is 11.9. The molecular formula is C11H11F3O2. The number of hydrogen-bond donors (Lipinski definition) is 1. The molecule has 16 heavy (non-hydrogen) atoms. The number of ether oxygens (including phenoxy) is 1. The van der Waals surface area contributed by atoms with Crippen LogP contribution < -0.4 is 4.74 Å². The van der Waals surface area contributed by atoms with Crippen molar-refractivity contribution in [1.82, 2.24) is 0 Å². The smallest absolute Gasteiger partial charge is 0.422 e. The minimum atomic E-state index is -4.32. The van der Waals surface area contributed by atoms with Gasteiger partial charge in [-0.15, -0.1) is 0 Å². The van der Waals surface area contributed by atoms with Crippen molar-refractivity contribution < 1.29 is 23.0 Å². The second-order valence-electron chi connectivity index (χ2n) is 3.82. The second-order valence-corrected chi connectivity index (χ2v) is 3.82. The molecule has 0 heterocycles. The standard InChI is InChI=1S/C11H11F3O2/c12-11(13,14)6-16-8-2-3-9-7(5-8)1-4-10(9)15/h2-3,5,10,15H,1,4,6H2/t10-/m1/s1. The van der Waals surface area contributed by atoms with Gasteiger partial charge in [0, 0.05) is 0 Å². The molecule has 5 heteroatoms. The minimum absolute atomic E-state index is 0.199. The Kier molecular flexibility index (Phi) is 2.80. The van der Waals surface area contributed by atoms with Crippen LogP contribution >= 0.6 is 0 Å². The normalized spacial score (nSPS) is 19.6. The molecule has 1 N–H and O–H groups in total. The first-order chi connectivity index (χ1) is 7.46. The topological polar surface area (TPSA) is 29.5 Å². The van der Waals surface area contributed by atoms with Crippen molar-refractivity contribution in [2.75, 3.05) is 6.61 Å². The van der Waals surface area contributed by atoms with Crippen molar-refractivity contribution in [3.8, 4) is 5.75 Å². The highest BCUT2D eigenvalue weighted by molar-refractivity contribution is 5.39. The van der Waals surface area contributed by atoms with Crippen molar-refractivity contribution in [3.63, 3.8) is 0 Å². The lowest BCUT2D eigenvalue weighted by Gasteiger charge is -2.10. The molecule has 0 aromatic heterocycles. The van der Waals surface area contributed by atoms with E-state index in [4.69, 9.17) is 0 Å². The molecule has 1 aromatic rings. The van der Waals surface area contributed by atoms with E-state index in [1.54, 1.807) is 12.1 Å². The summed E-state index contributed by atoms with van der Waals surface area (Å²) in [6, 6.07) is 4.65. The number of aliphatic hydroxyl groups excluding tert-OH is 1. The largest absolute Gasteiger partial charge is 0.484 e. The Labute approximate surface area is 90.7 Å². The van der Waals surface area contributed by atoms with Crippen LogP contribution in [0, 0.1) is 0 Å². The third-order valence-corrected chi connectivity index (χ3v) is 2.56. The van der Waals surface area contributed by atoms with Gasteiger partial charge >= 0.3 is 6.18 Å². The molecule has 0 saturated carbocycles. The number of benzene rings is 1. The first kappa shape index (κ1) is 11.3. The van der Waals surface area contributed by atoms with E-state index in [0.717, 1.165) is 11.1 Å². The van der Waals surface area contributed by atoms with Crippen LogP contribution in [0.1, 0.15) is 23.7 Å². The zero-order valence-corrected chi connectivity index (χ0v) is 8.42. The first-order valence-electron chi connectivity index (χ1n) is 4.96. The molecule has 2 rings (SSSR count). The van der Waals surface area contributed by atoms with Gasteiger partial charge in [-0.1, -0.05) is 6.07 Å². The van der Waals surface area contributed by atoms with Crippen molar-refractivity contribution in [2.45, 2.75) is 25.1 Å². The van der Waals surface area contributed by atoms with E-state index in [-0.39, 0.29) is 5.75 Å². The number of aryl methyl sites for hydroxylation is 1. The highest BCUT2D eigenvalue weighted by Gasteiger charge is 2.28. The number of hydrogen-bond acceptors (Lipinski definition) is 2. The summed E-state index contributed by atoms with van der Waals surface area (Å²) >= 11 is 0. The van der Waals surface area contributed by atoms with Gasteiger partial charge in [-0.2, -0.15) is 13.2 Å². The fourth-order valence-electron chi connectivity index (χ4n) is 1.83. The molecular weight excluding hydrogens is 221 g/mol. The SMILES string of the molecule is O[C@@H]1CCc2cc(OCC(F)(F)F)ccc21. The summed E-state index contributed by atoms with van der Waals surface area (Å²) in [6.45, 7) is -1.28. The Morgan fingerprint density at radius 1 is 1.38 bits per heavy atom. The van der Waals surface area contributed by atoms with Crippen LogP contribution in [0.25, 0.3) is 0 Å². The second kappa shape index (κ2) is 3.97. The Morgan fingerprint density at radius 2 is 2.12 bits per heavy atom. The van der Waals surface area contributed by atoms with Gasteiger partial charge in [0.15, 0.2) is 6.61 Å². The summed E-state index contributed by atoms with van der Waals surface area (Å²) in [5.41, 5.74) is 1.66. The molecule has 0 spiro atoms. The van der Waals surface area contributed by atoms with Crippen LogP contribution in [-0.2, 0) is 6.42 Å². The van der Waals surface area contributed by atoms with E-state index in [9.17, 15) is 18.3 Å². The number of alkyl halides is 3. The number of rotatable bonds is 2. The molecule has 0 radical (unpaired) electrons. The van der Waals surface area contributed by atoms with Crippen LogP contribution in [0.5, 0.6) is 5.75 Å². The van der Waals surface area contributed by atoms with Crippen LogP contribution in [-0.4, -0.2) is 17.9 Å². The first-order valence-corrected chi connectivity index (χ1v) is 4.96. The summed E-state index contributed by atoms with van der Waals surface area (Å²) < 4.78 is 40.4. The Hall–Kier alpha value is -1.23. The minimum Gasteiger partial charge on any atom is -0.484 e. The molecule has 0 unspecified atom stereocenters. The summed E-state index contributed by atoms with van der Waals surface area (Å²) in [5, 5.41) is 9.51. The lowest BCUT2D eigenvalue weighted by atomic mass is 10.1. The molecule has 88 valence electrons. The lowest BCUT2D eigenvalue weighted by molar-refractivity contribution is -0.153. The summed E-state index contributed by atoms with van der Waals surface area (Å²) in [6.07, 6.45) is -3.51. The van der Waals surface area contributed by atoms with Gasteiger partial charge < -0.3 is 9.84 Å². The van der Waals surface area contributed by atoms with Crippen molar-refractivity contribution >= 4 is 0 Å². The third kappa shape index (κ3) is 2.47. The van der Waals surface area contributed by atoms with Gasteiger partial charge in [0.2, 0.25) is 0 Å². The molecule has 0 saturated heterocycles. The molecule has 1 aliphatic rings. The number of halogens is 3. The van der Waals surface area contributed by atoms with E-state index in [2.05, 4.69) is 4.74 Å². The zero-order chi connectivity index (χ0) is 11.8. The third-order valence-electron chi connectivity index (χ3n) is 2.56. The van der Waals surface area contributed by atoms with E-state index in [1.165, 1.54) is 6.07 Å². The van der Waals surface area contributed by atoms with Crippen molar-refractivity contribution in [2.24, 2.45) is 0 Å².